The first kappa shape index (κ1) is 28.2. The molecule has 6 rings (SSSR count). The summed E-state index contributed by atoms with van der Waals surface area (Å²) in [6.45, 7) is 0.106. The summed E-state index contributed by atoms with van der Waals surface area (Å²) in [6.07, 6.45) is 4.30. The smallest absolute Gasteiger partial charge is 0.271 e. The van der Waals surface area contributed by atoms with E-state index >= 15 is 4.79 Å². The fourth-order valence-electron chi connectivity index (χ4n) is 6.09. The maximum absolute atomic E-state index is 15.2. The molecule has 2 atom stereocenters. The van der Waals surface area contributed by atoms with Crippen LogP contribution in [0.15, 0.2) is 82.4 Å². The molecule has 10 nitrogen and oxygen atoms in total. The Hall–Kier alpha value is -3.90. The fourth-order valence-corrected chi connectivity index (χ4v) is 7.72. The second-order valence-corrected chi connectivity index (χ2v) is 12.3. The number of aliphatic hydroxyl groups excluding tert-OH is 1. The highest BCUT2D eigenvalue weighted by Gasteiger charge is 2.62. The molecule has 12 heteroatoms. The second-order valence-electron chi connectivity index (χ2n) is 10.0. The number of nitrogens with zero attached hydrogens (tertiary/aromatic N) is 3. The Morgan fingerprint density at radius 3 is 2.52 bits per heavy atom. The van der Waals surface area contributed by atoms with Gasteiger partial charge in [0.2, 0.25) is 5.89 Å². The zero-order valence-corrected chi connectivity index (χ0v) is 24.4. The molecule has 1 N–H and O–H groups in total. The Bertz CT molecular complexity index is 1750. The third-order valence-corrected chi connectivity index (χ3v) is 9.86. The minimum absolute atomic E-state index is 0.0879. The molecular weight excluding hydrogens is 582 g/mol. The molecular formula is C30H28ClN3O7S. The zero-order chi connectivity index (χ0) is 29.6. The third-order valence-electron chi connectivity index (χ3n) is 7.92. The number of carbonyl (C=O) groups is 1. The quantitative estimate of drug-likeness (QED) is 0.304. The first-order valence-corrected chi connectivity index (χ1v) is 15.1. The van der Waals surface area contributed by atoms with Crippen molar-refractivity contribution in [2.75, 3.05) is 25.1 Å². The van der Waals surface area contributed by atoms with E-state index in [0.29, 0.717) is 58.5 Å². The number of hydrogen-bond donors (Lipinski definition) is 1. The van der Waals surface area contributed by atoms with Crippen LogP contribution in [0.5, 0.6) is 11.5 Å². The van der Waals surface area contributed by atoms with E-state index in [9.17, 15) is 13.5 Å². The summed E-state index contributed by atoms with van der Waals surface area (Å²) < 4.78 is 46.2. The predicted octanol–water partition coefficient (Wildman–Crippen LogP) is 4.65. The summed E-state index contributed by atoms with van der Waals surface area (Å²) in [7, 11) is -1.47. The summed E-state index contributed by atoms with van der Waals surface area (Å²) >= 11 is 6.56. The number of halogens is 1. The van der Waals surface area contributed by atoms with Gasteiger partial charge in [0.25, 0.3) is 15.9 Å². The highest BCUT2D eigenvalue weighted by molar-refractivity contribution is 7.93. The van der Waals surface area contributed by atoms with E-state index in [0.717, 1.165) is 4.31 Å². The first-order valence-electron chi connectivity index (χ1n) is 13.3. The number of fused-ring (bicyclic) bond motifs is 1. The van der Waals surface area contributed by atoms with Crippen molar-refractivity contribution in [2.45, 2.75) is 35.9 Å². The number of hydrogen-bond acceptors (Lipinski definition) is 9. The van der Waals surface area contributed by atoms with E-state index in [4.69, 9.17) is 25.5 Å². The summed E-state index contributed by atoms with van der Waals surface area (Å²) in [5, 5.41) is 10.4. The monoisotopic (exact) mass is 609 g/mol. The number of amides is 1. The molecule has 0 aliphatic carbocycles. The number of aliphatic hydroxyl groups is 1. The van der Waals surface area contributed by atoms with Crippen LogP contribution in [0.4, 0.5) is 5.69 Å². The third kappa shape index (κ3) is 4.18. The Labute approximate surface area is 248 Å². The maximum Gasteiger partial charge on any atom is 0.271 e. The van der Waals surface area contributed by atoms with Crippen LogP contribution in [0.25, 0.3) is 0 Å². The highest BCUT2D eigenvalue weighted by atomic mass is 35.5. The molecule has 0 radical (unpaired) electrons. The average molecular weight is 610 g/mol. The largest absolute Gasteiger partial charge is 0.497 e. The van der Waals surface area contributed by atoms with E-state index < -0.39 is 27.5 Å². The van der Waals surface area contributed by atoms with Crippen molar-refractivity contribution in [3.8, 4) is 11.5 Å². The number of aromatic nitrogens is 1. The van der Waals surface area contributed by atoms with Crippen molar-refractivity contribution >= 4 is 33.2 Å². The number of rotatable bonds is 8. The van der Waals surface area contributed by atoms with E-state index in [1.54, 1.807) is 30.3 Å². The van der Waals surface area contributed by atoms with Gasteiger partial charge in [-0.05, 0) is 73.0 Å². The molecule has 3 heterocycles. The van der Waals surface area contributed by atoms with Crippen LogP contribution in [0, 0.1) is 0 Å². The summed E-state index contributed by atoms with van der Waals surface area (Å²) in [5.74, 6) is 0.479. The SMILES string of the molecule is COc1ccc(S(=O)(=O)N2C(=O)C(c3cc(CO)ccc3OC)(N3CCC[C@H]3c3ncco3)c3cc(Cl)ccc32)cc1. The van der Waals surface area contributed by atoms with Crippen LogP contribution < -0.4 is 13.8 Å². The van der Waals surface area contributed by atoms with Gasteiger partial charge in [-0.25, -0.2) is 17.7 Å². The Balaban J connectivity index is 1.67. The number of methoxy groups -OCH3 is 2. The zero-order valence-electron chi connectivity index (χ0n) is 22.9. The molecule has 1 aromatic heterocycles. The number of ether oxygens (including phenoxy) is 2. The van der Waals surface area contributed by atoms with Gasteiger partial charge in [0, 0.05) is 22.7 Å². The molecule has 0 spiro atoms. The lowest BCUT2D eigenvalue weighted by atomic mass is 9.80. The Morgan fingerprint density at radius 2 is 1.86 bits per heavy atom. The predicted molar refractivity (Wildman–Crippen MR) is 154 cm³/mol. The number of oxazole rings is 1. The second kappa shape index (κ2) is 10.7. The lowest BCUT2D eigenvalue weighted by molar-refractivity contribution is -0.127. The van der Waals surface area contributed by atoms with Crippen molar-refractivity contribution in [3.05, 3.63) is 101 Å². The van der Waals surface area contributed by atoms with Gasteiger partial charge >= 0.3 is 0 Å². The van der Waals surface area contributed by atoms with Crippen molar-refractivity contribution in [2.24, 2.45) is 0 Å². The van der Waals surface area contributed by atoms with Crippen LogP contribution in [-0.4, -0.2) is 50.1 Å². The number of anilines is 1. The van der Waals surface area contributed by atoms with Crippen LogP contribution >= 0.6 is 11.6 Å². The van der Waals surface area contributed by atoms with E-state index in [-0.39, 0.29) is 17.2 Å². The lowest BCUT2D eigenvalue weighted by Crippen LogP contribution is -2.54. The molecule has 2 aliphatic rings. The van der Waals surface area contributed by atoms with Crippen LogP contribution in [0.3, 0.4) is 0 Å². The first-order chi connectivity index (χ1) is 20.3. The fraction of sp³-hybridized carbons (Fsp3) is 0.267. The molecule has 4 aromatic rings. The summed E-state index contributed by atoms with van der Waals surface area (Å²) in [6, 6.07) is 15.1. The van der Waals surface area contributed by atoms with Crippen LogP contribution in [-0.2, 0) is 27.0 Å². The Morgan fingerprint density at radius 1 is 1.07 bits per heavy atom. The number of benzene rings is 3. The normalized spacial score (nSPS) is 20.6. The molecule has 1 amide bonds. The van der Waals surface area contributed by atoms with Gasteiger partial charge < -0.3 is 19.0 Å². The Kier molecular flexibility index (Phi) is 7.22. The van der Waals surface area contributed by atoms with Gasteiger partial charge in [0.15, 0.2) is 5.54 Å². The number of carbonyl (C=O) groups excluding carboxylic acids is 1. The van der Waals surface area contributed by atoms with Crippen molar-refractivity contribution in [1.82, 2.24) is 9.88 Å². The molecule has 1 unspecified atom stereocenters. The highest BCUT2D eigenvalue weighted by Crippen LogP contribution is 2.56. The van der Waals surface area contributed by atoms with E-state index in [2.05, 4.69) is 4.98 Å². The molecule has 42 heavy (non-hydrogen) atoms. The molecule has 1 saturated heterocycles. The van der Waals surface area contributed by atoms with Gasteiger partial charge in [-0.1, -0.05) is 17.7 Å². The van der Waals surface area contributed by atoms with Gasteiger partial charge in [-0.2, -0.15) is 0 Å². The van der Waals surface area contributed by atoms with Gasteiger partial charge in [0.05, 0.1) is 43.6 Å². The maximum atomic E-state index is 15.2. The van der Waals surface area contributed by atoms with Gasteiger partial charge in [-0.15, -0.1) is 0 Å². The molecule has 0 bridgehead atoms. The van der Waals surface area contributed by atoms with E-state index in [1.807, 2.05) is 4.90 Å². The van der Waals surface area contributed by atoms with Crippen molar-refractivity contribution in [3.63, 3.8) is 0 Å². The molecule has 1 fully saturated rings. The minimum Gasteiger partial charge on any atom is -0.497 e. The molecule has 2 aliphatic heterocycles. The summed E-state index contributed by atoms with van der Waals surface area (Å²) in [5.41, 5.74) is -0.314. The standard InChI is InChI=1S/C30H28ClN3O7S/c1-39-21-7-9-22(10-8-21)42(37,38)34-25-11-6-20(31)17-23(25)30(29(34)36,24-16-19(18-35)5-12-27(24)40-2)33-14-3-4-26(33)28-32-13-15-41-28/h5-13,15-17,26,35H,3-4,14,18H2,1-2H3/t26-,30?/m0/s1. The van der Waals surface area contributed by atoms with Crippen molar-refractivity contribution < 1.29 is 32.2 Å². The van der Waals surface area contributed by atoms with Crippen molar-refractivity contribution in [1.29, 1.82) is 0 Å². The number of likely N-dealkylation sites (tertiary alicyclic amines) is 1. The topological polar surface area (TPSA) is 122 Å². The van der Waals surface area contributed by atoms with Crippen LogP contribution in [0.1, 0.15) is 41.5 Å². The number of sulfonamides is 1. The summed E-state index contributed by atoms with van der Waals surface area (Å²) in [4.78, 5) is 21.4. The minimum atomic E-state index is -4.43. The van der Waals surface area contributed by atoms with Gasteiger partial charge in [-0.3, -0.25) is 9.69 Å². The van der Waals surface area contributed by atoms with Gasteiger partial charge in [0.1, 0.15) is 17.8 Å². The molecule has 218 valence electrons. The van der Waals surface area contributed by atoms with Crippen LogP contribution in [0.2, 0.25) is 5.02 Å². The molecule has 0 saturated carbocycles. The van der Waals surface area contributed by atoms with E-state index in [1.165, 1.54) is 57.0 Å². The molecule has 3 aromatic carbocycles. The lowest BCUT2D eigenvalue weighted by Gasteiger charge is -2.41. The average Bonchev–Trinajstić information content (AvgIpc) is 3.75.